The molecule has 0 amide bonds. The van der Waals surface area contributed by atoms with Crippen molar-refractivity contribution in [2.24, 2.45) is 5.73 Å². The third-order valence-corrected chi connectivity index (χ3v) is 1.43. The highest BCUT2D eigenvalue weighted by atomic mass is 32.1. The van der Waals surface area contributed by atoms with Crippen LogP contribution in [0.5, 0.6) is 0 Å². The molecule has 0 fully saturated rings. The molecule has 0 aliphatic heterocycles. The van der Waals surface area contributed by atoms with Gasteiger partial charge in [-0.2, -0.15) is 5.10 Å². The molecule has 2 N–H and O–H groups in total. The van der Waals surface area contributed by atoms with Crippen molar-refractivity contribution < 1.29 is 0 Å². The van der Waals surface area contributed by atoms with Crippen molar-refractivity contribution in [3.63, 3.8) is 0 Å². The average molecular weight is 155 g/mol. The molecule has 4 heteroatoms. The van der Waals surface area contributed by atoms with E-state index in [1.807, 2.05) is 19.2 Å². The third-order valence-electron chi connectivity index (χ3n) is 1.22. The SMILES string of the molecule is CCn1ccc(C(N)=S)n1. The van der Waals surface area contributed by atoms with Crippen LogP contribution in [0.1, 0.15) is 12.6 Å². The van der Waals surface area contributed by atoms with Crippen LogP contribution in [0.3, 0.4) is 0 Å². The summed E-state index contributed by atoms with van der Waals surface area (Å²) >= 11 is 4.73. The molecule has 1 aromatic heterocycles. The van der Waals surface area contributed by atoms with Gasteiger partial charge in [0.1, 0.15) is 10.7 Å². The molecule has 0 spiro atoms. The minimum absolute atomic E-state index is 0.354. The van der Waals surface area contributed by atoms with Gasteiger partial charge in [-0.25, -0.2) is 0 Å². The summed E-state index contributed by atoms with van der Waals surface area (Å²) < 4.78 is 1.79. The van der Waals surface area contributed by atoms with Crippen LogP contribution in [-0.4, -0.2) is 14.8 Å². The number of aryl methyl sites for hydroxylation is 1. The number of hydrogen-bond acceptors (Lipinski definition) is 2. The lowest BCUT2D eigenvalue weighted by Gasteiger charge is -1.91. The number of thiocarbonyl (C=S) groups is 1. The maximum absolute atomic E-state index is 5.34. The van der Waals surface area contributed by atoms with Crippen LogP contribution >= 0.6 is 12.2 Å². The fourth-order valence-corrected chi connectivity index (χ4v) is 0.778. The second-order valence-electron chi connectivity index (χ2n) is 1.92. The van der Waals surface area contributed by atoms with Crippen molar-refractivity contribution in [3.8, 4) is 0 Å². The zero-order chi connectivity index (χ0) is 7.56. The number of nitrogens with zero attached hydrogens (tertiary/aromatic N) is 2. The molecule has 0 saturated carbocycles. The van der Waals surface area contributed by atoms with Crippen molar-refractivity contribution in [1.82, 2.24) is 9.78 Å². The van der Waals surface area contributed by atoms with Crippen molar-refractivity contribution in [2.75, 3.05) is 0 Å². The van der Waals surface area contributed by atoms with Gasteiger partial charge in [0.05, 0.1) is 0 Å². The summed E-state index contributed by atoms with van der Waals surface area (Å²) in [7, 11) is 0. The molecule has 1 heterocycles. The second kappa shape index (κ2) is 2.79. The van der Waals surface area contributed by atoms with E-state index in [1.54, 1.807) is 4.68 Å². The first-order valence-corrected chi connectivity index (χ1v) is 3.48. The first-order valence-electron chi connectivity index (χ1n) is 3.07. The molecule has 0 radical (unpaired) electrons. The van der Waals surface area contributed by atoms with Crippen molar-refractivity contribution >= 4 is 17.2 Å². The molecule has 1 aromatic rings. The van der Waals surface area contributed by atoms with Gasteiger partial charge >= 0.3 is 0 Å². The summed E-state index contributed by atoms with van der Waals surface area (Å²) in [4.78, 5) is 0.354. The van der Waals surface area contributed by atoms with Crippen LogP contribution in [0.25, 0.3) is 0 Å². The van der Waals surface area contributed by atoms with Gasteiger partial charge in [-0.3, -0.25) is 4.68 Å². The second-order valence-corrected chi connectivity index (χ2v) is 2.36. The summed E-state index contributed by atoms with van der Waals surface area (Å²) in [6.07, 6.45) is 1.86. The topological polar surface area (TPSA) is 43.8 Å². The quantitative estimate of drug-likeness (QED) is 0.634. The molecule has 0 atom stereocenters. The Labute approximate surface area is 64.8 Å². The zero-order valence-electron chi connectivity index (χ0n) is 5.74. The van der Waals surface area contributed by atoms with Gasteiger partial charge in [0.25, 0.3) is 0 Å². The summed E-state index contributed by atoms with van der Waals surface area (Å²) in [5.74, 6) is 0. The van der Waals surface area contributed by atoms with Crippen molar-refractivity contribution in [2.45, 2.75) is 13.5 Å². The van der Waals surface area contributed by atoms with Gasteiger partial charge in [-0.05, 0) is 13.0 Å². The van der Waals surface area contributed by atoms with Gasteiger partial charge in [0, 0.05) is 12.7 Å². The molecule has 0 unspecified atom stereocenters. The Morgan fingerprint density at radius 2 is 2.60 bits per heavy atom. The standard InChI is InChI=1S/C6H9N3S/c1-2-9-4-3-5(8-9)6(7)10/h3-4H,2H2,1H3,(H2,7,10). The molecule has 0 aliphatic rings. The number of nitrogens with two attached hydrogens (primary N) is 1. The lowest BCUT2D eigenvalue weighted by Crippen LogP contribution is -2.10. The zero-order valence-corrected chi connectivity index (χ0v) is 6.56. The van der Waals surface area contributed by atoms with E-state index in [0.717, 1.165) is 6.54 Å². The van der Waals surface area contributed by atoms with Gasteiger partial charge in [0.2, 0.25) is 0 Å². The van der Waals surface area contributed by atoms with Gasteiger partial charge in [-0.15, -0.1) is 0 Å². The van der Waals surface area contributed by atoms with E-state index in [1.165, 1.54) is 0 Å². The predicted octanol–water partition coefficient (Wildman–Crippen LogP) is 0.537. The van der Waals surface area contributed by atoms with E-state index in [4.69, 9.17) is 18.0 Å². The van der Waals surface area contributed by atoms with E-state index < -0.39 is 0 Å². The highest BCUT2D eigenvalue weighted by molar-refractivity contribution is 7.80. The van der Waals surface area contributed by atoms with Crippen LogP contribution in [0.15, 0.2) is 12.3 Å². The fourth-order valence-electron chi connectivity index (χ4n) is 0.669. The lowest BCUT2D eigenvalue weighted by molar-refractivity contribution is 0.658. The van der Waals surface area contributed by atoms with Gasteiger partial charge in [-0.1, -0.05) is 12.2 Å². The molecule has 0 saturated heterocycles. The lowest BCUT2D eigenvalue weighted by atomic mass is 10.4. The average Bonchev–Trinajstić information content (AvgIpc) is 2.34. The maximum Gasteiger partial charge on any atom is 0.124 e. The van der Waals surface area contributed by atoms with E-state index in [9.17, 15) is 0 Å². The number of aromatic nitrogens is 2. The summed E-state index contributed by atoms with van der Waals surface area (Å²) in [5.41, 5.74) is 6.03. The van der Waals surface area contributed by atoms with Crippen molar-refractivity contribution in [3.05, 3.63) is 18.0 Å². The van der Waals surface area contributed by atoms with Crippen molar-refractivity contribution in [1.29, 1.82) is 0 Å². The Morgan fingerprint density at radius 3 is 2.90 bits per heavy atom. The van der Waals surface area contributed by atoms with Crippen LogP contribution in [0, 0.1) is 0 Å². The van der Waals surface area contributed by atoms with Crippen LogP contribution < -0.4 is 5.73 Å². The highest BCUT2D eigenvalue weighted by Gasteiger charge is 1.98. The van der Waals surface area contributed by atoms with Crippen LogP contribution in [0.4, 0.5) is 0 Å². The molecule has 3 nitrogen and oxygen atoms in total. The van der Waals surface area contributed by atoms with E-state index in [-0.39, 0.29) is 0 Å². The predicted molar refractivity (Wildman–Crippen MR) is 43.8 cm³/mol. The fraction of sp³-hybridized carbons (Fsp3) is 0.333. The summed E-state index contributed by atoms with van der Waals surface area (Å²) in [5, 5.41) is 4.08. The normalized spacial score (nSPS) is 9.70. The van der Waals surface area contributed by atoms with Crippen LogP contribution in [-0.2, 0) is 6.54 Å². The molecular formula is C6H9N3S. The first-order chi connectivity index (χ1) is 4.74. The summed E-state index contributed by atoms with van der Waals surface area (Å²) in [6, 6.07) is 1.81. The Bertz CT molecular complexity index is 241. The van der Waals surface area contributed by atoms with E-state index in [2.05, 4.69) is 5.10 Å². The van der Waals surface area contributed by atoms with E-state index >= 15 is 0 Å². The maximum atomic E-state index is 5.34. The molecular weight excluding hydrogens is 146 g/mol. The number of rotatable bonds is 2. The largest absolute Gasteiger partial charge is 0.388 e. The molecule has 10 heavy (non-hydrogen) atoms. The Kier molecular flexibility index (Phi) is 2.01. The smallest absolute Gasteiger partial charge is 0.124 e. The Balaban J connectivity index is 2.88. The molecule has 1 rings (SSSR count). The molecule has 0 aliphatic carbocycles. The molecule has 0 bridgehead atoms. The summed E-state index contributed by atoms with van der Waals surface area (Å²) in [6.45, 7) is 2.86. The van der Waals surface area contributed by atoms with Crippen LogP contribution in [0.2, 0.25) is 0 Å². The number of hydrogen-bond donors (Lipinski definition) is 1. The van der Waals surface area contributed by atoms with Gasteiger partial charge in [0.15, 0.2) is 0 Å². The van der Waals surface area contributed by atoms with Gasteiger partial charge < -0.3 is 5.73 Å². The minimum atomic E-state index is 0.354. The Morgan fingerprint density at radius 1 is 1.90 bits per heavy atom. The third kappa shape index (κ3) is 1.33. The first kappa shape index (κ1) is 7.21. The highest BCUT2D eigenvalue weighted by Crippen LogP contribution is 1.93. The van der Waals surface area contributed by atoms with E-state index in [0.29, 0.717) is 10.7 Å². The minimum Gasteiger partial charge on any atom is -0.388 e. The monoisotopic (exact) mass is 155 g/mol. The molecule has 54 valence electrons. The molecule has 0 aromatic carbocycles. The Hall–Kier alpha value is -0.900.